The molecule has 0 fully saturated rings. The maximum Gasteiger partial charge on any atom is 0.241 e. The Morgan fingerprint density at radius 3 is 2.43 bits per heavy atom. The zero-order chi connectivity index (χ0) is 16.4. The molecular formula is C17H17NO4S. The lowest BCUT2D eigenvalue weighted by molar-refractivity contribution is 0.414. The predicted octanol–water partition coefficient (Wildman–Crippen LogP) is 3.48. The van der Waals surface area contributed by atoms with Crippen LogP contribution in [0.15, 0.2) is 63.9 Å². The largest absolute Gasteiger partial charge is 0.497 e. The maximum absolute atomic E-state index is 12.4. The number of hydrogen-bond donors (Lipinski definition) is 1. The second-order valence-corrected chi connectivity index (χ2v) is 6.92. The van der Waals surface area contributed by atoms with E-state index < -0.39 is 16.1 Å². The molecular weight excluding hydrogens is 314 g/mol. The highest BCUT2D eigenvalue weighted by Gasteiger charge is 2.20. The molecule has 0 saturated heterocycles. The summed E-state index contributed by atoms with van der Waals surface area (Å²) < 4.78 is 38.2. The third-order valence-electron chi connectivity index (χ3n) is 3.57. The van der Waals surface area contributed by atoms with Crippen molar-refractivity contribution in [1.82, 2.24) is 4.72 Å². The monoisotopic (exact) mass is 331 g/mol. The molecule has 1 atom stereocenters. The smallest absolute Gasteiger partial charge is 0.241 e. The van der Waals surface area contributed by atoms with Crippen LogP contribution in [-0.2, 0) is 10.0 Å². The van der Waals surface area contributed by atoms with Crippen molar-refractivity contribution in [3.05, 3.63) is 60.4 Å². The molecule has 0 amide bonds. The molecule has 0 saturated carbocycles. The van der Waals surface area contributed by atoms with E-state index in [1.54, 1.807) is 19.1 Å². The maximum atomic E-state index is 12.4. The van der Waals surface area contributed by atoms with E-state index in [1.165, 1.54) is 19.2 Å². The molecule has 0 spiro atoms. The fraction of sp³-hybridized carbons (Fsp3) is 0.176. The van der Waals surface area contributed by atoms with Gasteiger partial charge in [0.1, 0.15) is 17.1 Å². The van der Waals surface area contributed by atoms with E-state index in [0.29, 0.717) is 11.5 Å². The van der Waals surface area contributed by atoms with Gasteiger partial charge in [0.25, 0.3) is 0 Å². The number of furan rings is 1. The molecule has 1 heterocycles. The van der Waals surface area contributed by atoms with Gasteiger partial charge in [-0.25, -0.2) is 13.1 Å². The minimum atomic E-state index is -3.64. The molecule has 6 heteroatoms. The molecule has 1 N–H and O–H groups in total. The molecule has 5 nitrogen and oxygen atoms in total. The van der Waals surface area contributed by atoms with Crippen LogP contribution in [0.1, 0.15) is 18.7 Å². The number of hydrogen-bond acceptors (Lipinski definition) is 4. The minimum absolute atomic E-state index is 0.182. The number of nitrogens with one attached hydrogen (secondary N) is 1. The van der Waals surface area contributed by atoms with Gasteiger partial charge in [0.05, 0.1) is 18.0 Å². The van der Waals surface area contributed by atoms with E-state index in [9.17, 15) is 8.42 Å². The van der Waals surface area contributed by atoms with Crippen molar-refractivity contribution < 1.29 is 17.6 Å². The van der Waals surface area contributed by atoms with Crippen molar-refractivity contribution >= 4 is 21.0 Å². The van der Waals surface area contributed by atoms with Crippen LogP contribution in [0.2, 0.25) is 0 Å². The third-order valence-corrected chi connectivity index (χ3v) is 5.13. The fourth-order valence-electron chi connectivity index (χ4n) is 2.33. The Balaban J connectivity index is 1.83. The quantitative estimate of drug-likeness (QED) is 0.777. The highest BCUT2D eigenvalue weighted by atomic mass is 32.2. The number of para-hydroxylation sites is 1. The summed E-state index contributed by atoms with van der Waals surface area (Å²) in [5.41, 5.74) is 0.734. The second kappa shape index (κ2) is 6.06. The number of benzene rings is 2. The molecule has 3 rings (SSSR count). The summed E-state index contributed by atoms with van der Waals surface area (Å²) in [4.78, 5) is 0.182. The van der Waals surface area contributed by atoms with Gasteiger partial charge in [0, 0.05) is 5.39 Å². The van der Waals surface area contributed by atoms with Crippen molar-refractivity contribution in [1.29, 1.82) is 0 Å². The molecule has 0 aliphatic heterocycles. The topological polar surface area (TPSA) is 68.5 Å². The number of sulfonamides is 1. The number of ether oxygens (including phenoxy) is 1. The van der Waals surface area contributed by atoms with Crippen molar-refractivity contribution in [2.45, 2.75) is 17.9 Å². The van der Waals surface area contributed by atoms with Gasteiger partial charge in [-0.3, -0.25) is 0 Å². The van der Waals surface area contributed by atoms with E-state index in [4.69, 9.17) is 9.15 Å². The van der Waals surface area contributed by atoms with Crippen molar-refractivity contribution in [3.8, 4) is 5.75 Å². The first kappa shape index (κ1) is 15.6. The fourth-order valence-corrected chi connectivity index (χ4v) is 3.54. The molecule has 0 radical (unpaired) electrons. The predicted molar refractivity (Wildman–Crippen MR) is 87.9 cm³/mol. The summed E-state index contributed by atoms with van der Waals surface area (Å²) >= 11 is 0. The molecule has 3 aromatic rings. The average molecular weight is 331 g/mol. The normalized spacial score (nSPS) is 13.1. The van der Waals surface area contributed by atoms with Gasteiger partial charge < -0.3 is 9.15 Å². The number of methoxy groups -OCH3 is 1. The van der Waals surface area contributed by atoms with Gasteiger partial charge in [0.15, 0.2) is 0 Å². The first-order chi connectivity index (χ1) is 11.0. The Labute approximate surface area is 134 Å². The zero-order valence-corrected chi connectivity index (χ0v) is 13.6. The minimum Gasteiger partial charge on any atom is -0.497 e. The second-order valence-electron chi connectivity index (χ2n) is 5.21. The van der Waals surface area contributed by atoms with Crippen LogP contribution in [0.4, 0.5) is 0 Å². The van der Waals surface area contributed by atoms with Crippen LogP contribution in [-0.4, -0.2) is 15.5 Å². The molecule has 1 unspecified atom stereocenters. The summed E-state index contributed by atoms with van der Waals surface area (Å²) in [5, 5.41) is 0.943. The third kappa shape index (κ3) is 3.23. The summed E-state index contributed by atoms with van der Waals surface area (Å²) in [6.07, 6.45) is 0. The average Bonchev–Trinajstić information content (AvgIpc) is 2.99. The molecule has 0 aliphatic carbocycles. The van der Waals surface area contributed by atoms with Gasteiger partial charge in [-0.1, -0.05) is 18.2 Å². The molecule has 0 bridgehead atoms. The molecule has 1 aromatic heterocycles. The van der Waals surface area contributed by atoms with Gasteiger partial charge >= 0.3 is 0 Å². The lowest BCUT2D eigenvalue weighted by Gasteiger charge is -2.12. The SMILES string of the molecule is COc1ccc(S(=O)(=O)NC(C)c2cc3ccccc3o2)cc1. The molecule has 0 aliphatic rings. The van der Waals surface area contributed by atoms with Gasteiger partial charge in [-0.15, -0.1) is 0 Å². The van der Waals surface area contributed by atoms with E-state index in [1.807, 2.05) is 30.3 Å². The van der Waals surface area contributed by atoms with Crippen LogP contribution in [0, 0.1) is 0 Å². The first-order valence-corrected chi connectivity index (χ1v) is 8.63. The summed E-state index contributed by atoms with van der Waals surface area (Å²) in [6, 6.07) is 15.2. The highest BCUT2D eigenvalue weighted by molar-refractivity contribution is 7.89. The van der Waals surface area contributed by atoms with Crippen molar-refractivity contribution in [2.24, 2.45) is 0 Å². The standard InChI is InChI=1S/C17H17NO4S/c1-12(17-11-13-5-3-4-6-16(13)22-17)18-23(19,20)15-9-7-14(21-2)8-10-15/h3-12,18H,1-2H3. The van der Waals surface area contributed by atoms with Gasteiger partial charge in [0.2, 0.25) is 10.0 Å². The molecule has 120 valence electrons. The highest BCUT2D eigenvalue weighted by Crippen LogP contribution is 2.25. The van der Waals surface area contributed by atoms with Gasteiger partial charge in [-0.05, 0) is 43.3 Å². The van der Waals surface area contributed by atoms with Crippen molar-refractivity contribution in [2.75, 3.05) is 7.11 Å². The lowest BCUT2D eigenvalue weighted by Crippen LogP contribution is -2.26. The summed E-state index contributed by atoms with van der Waals surface area (Å²) in [7, 11) is -2.10. The van der Waals surface area contributed by atoms with E-state index in [-0.39, 0.29) is 4.90 Å². The Morgan fingerprint density at radius 2 is 1.78 bits per heavy atom. The van der Waals surface area contributed by atoms with Crippen LogP contribution >= 0.6 is 0 Å². The van der Waals surface area contributed by atoms with Crippen LogP contribution in [0.25, 0.3) is 11.0 Å². The summed E-state index contributed by atoms with van der Waals surface area (Å²) in [6.45, 7) is 1.75. The Bertz CT molecular complexity index is 880. The van der Waals surface area contributed by atoms with E-state index in [0.717, 1.165) is 11.0 Å². The Hall–Kier alpha value is -2.31. The zero-order valence-electron chi connectivity index (χ0n) is 12.8. The molecule has 23 heavy (non-hydrogen) atoms. The number of rotatable bonds is 5. The van der Waals surface area contributed by atoms with Gasteiger partial charge in [-0.2, -0.15) is 0 Å². The van der Waals surface area contributed by atoms with Crippen LogP contribution in [0.3, 0.4) is 0 Å². The lowest BCUT2D eigenvalue weighted by atomic mass is 10.2. The number of fused-ring (bicyclic) bond motifs is 1. The van der Waals surface area contributed by atoms with Crippen LogP contribution < -0.4 is 9.46 Å². The first-order valence-electron chi connectivity index (χ1n) is 7.14. The summed E-state index contributed by atoms with van der Waals surface area (Å²) in [5.74, 6) is 1.18. The molecule has 2 aromatic carbocycles. The van der Waals surface area contributed by atoms with Crippen molar-refractivity contribution in [3.63, 3.8) is 0 Å². The Morgan fingerprint density at radius 1 is 1.09 bits per heavy atom. The van der Waals surface area contributed by atoms with Crippen LogP contribution in [0.5, 0.6) is 5.75 Å². The Kier molecular flexibility index (Phi) is 4.11. The van der Waals surface area contributed by atoms with E-state index in [2.05, 4.69) is 4.72 Å². The van der Waals surface area contributed by atoms with E-state index >= 15 is 0 Å².